The summed E-state index contributed by atoms with van der Waals surface area (Å²) in [7, 11) is 0. The Hall–Kier alpha value is -2.64. The second kappa shape index (κ2) is 7.77. The van der Waals surface area contributed by atoms with Crippen LogP contribution in [0.15, 0.2) is 58.3 Å². The molecule has 4 rings (SSSR count). The van der Waals surface area contributed by atoms with Gasteiger partial charge in [-0.15, -0.1) is 0 Å². The number of carbonyl (C=O) groups is 1. The highest BCUT2D eigenvalue weighted by Crippen LogP contribution is 2.28. The van der Waals surface area contributed by atoms with Gasteiger partial charge in [0.1, 0.15) is 0 Å². The molecule has 1 aromatic heterocycles. The van der Waals surface area contributed by atoms with Crippen molar-refractivity contribution in [2.45, 2.75) is 19.4 Å². The number of thioether (sulfide) groups is 1. The zero-order valence-corrected chi connectivity index (χ0v) is 16.6. The molecule has 1 unspecified atom stereocenters. The minimum atomic E-state index is -0.272. The van der Waals surface area contributed by atoms with Gasteiger partial charge in [-0.1, -0.05) is 41.6 Å². The number of anilines is 1. The molecule has 0 fully saturated rings. The summed E-state index contributed by atoms with van der Waals surface area (Å²) < 4.78 is 0. The molecular weight excluding hydrogens is 396 g/mol. The molecule has 0 radical (unpaired) electrons. The van der Waals surface area contributed by atoms with Gasteiger partial charge in [0.15, 0.2) is 5.17 Å². The van der Waals surface area contributed by atoms with Crippen LogP contribution in [-0.2, 0) is 11.2 Å². The van der Waals surface area contributed by atoms with Crippen LogP contribution in [0.2, 0.25) is 5.02 Å². The second-order valence-electron chi connectivity index (χ2n) is 6.50. The third-order valence-corrected chi connectivity index (χ3v) is 5.85. The number of benzene rings is 2. The molecule has 1 atom stereocenters. The van der Waals surface area contributed by atoms with Gasteiger partial charge in [-0.25, -0.2) is 5.10 Å². The number of amides is 1. The first-order valence-corrected chi connectivity index (χ1v) is 10.1. The van der Waals surface area contributed by atoms with Crippen LogP contribution in [0, 0.1) is 0 Å². The molecule has 1 aliphatic heterocycles. The predicted octanol–water partition coefficient (Wildman–Crippen LogP) is 3.64. The van der Waals surface area contributed by atoms with E-state index in [1.807, 2.05) is 13.0 Å². The molecule has 142 valence electrons. The van der Waals surface area contributed by atoms with Gasteiger partial charge >= 0.3 is 0 Å². The topological polar surface area (TPSA) is 78.4 Å². The maximum atomic E-state index is 13.3. The van der Waals surface area contributed by atoms with E-state index < -0.39 is 0 Å². The number of hydrogen-bond acceptors (Lipinski definition) is 5. The van der Waals surface area contributed by atoms with E-state index in [1.165, 1.54) is 0 Å². The lowest BCUT2D eigenvalue weighted by atomic mass is 10.1. The van der Waals surface area contributed by atoms with Crippen molar-refractivity contribution < 1.29 is 4.79 Å². The Morgan fingerprint density at radius 1 is 1.21 bits per heavy atom. The number of H-pyrrole nitrogens is 1. The van der Waals surface area contributed by atoms with Crippen LogP contribution in [0.5, 0.6) is 0 Å². The molecule has 0 aliphatic carbocycles. The number of aromatic amines is 1. The molecule has 1 aliphatic rings. The van der Waals surface area contributed by atoms with E-state index in [9.17, 15) is 9.59 Å². The van der Waals surface area contributed by atoms with Crippen LogP contribution in [0.25, 0.3) is 10.8 Å². The van der Waals surface area contributed by atoms with E-state index in [0.717, 1.165) is 5.75 Å². The number of aliphatic imine (C=N–C) groups is 1. The summed E-state index contributed by atoms with van der Waals surface area (Å²) in [5.74, 6) is 0.652. The molecule has 0 spiro atoms. The molecule has 1 amide bonds. The van der Waals surface area contributed by atoms with Gasteiger partial charge in [0, 0.05) is 16.2 Å². The maximum Gasteiger partial charge on any atom is 0.272 e. The van der Waals surface area contributed by atoms with Crippen LogP contribution in [0.3, 0.4) is 0 Å². The third kappa shape index (κ3) is 3.68. The summed E-state index contributed by atoms with van der Waals surface area (Å²) in [5, 5.41) is 9.05. The monoisotopic (exact) mass is 412 g/mol. The molecule has 1 N–H and O–H groups in total. The van der Waals surface area contributed by atoms with E-state index in [0.29, 0.717) is 32.3 Å². The Bertz CT molecular complexity index is 1130. The summed E-state index contributed by atoms with van der Waals surface area (Å²) >= 11 is 7.55. The van der Waals surface area contributed by atoms with Gasteiger partial charge < -0.3 is 0 Å². The zero-order chi connectivity index (χ0) is 19.7. The van der Waals surface area contributed by atoms with Crippen LogP contribution in [0.1, 0.15) is 12.6 Å². The Kier molecular flexibility index (Phi) is 5.19. The first-order valence-electron chi connectivity index (χ1n) is 8.78. The Labute approximate surface area is 170 Å². The van der Waals surface area contributed by atoms with E-state index in [-0.39, 0.29) is 23.9 Å². The number of nitrogens with one attached hydrogen (secondary N) is 1. The number of nitrogens with zero attached hydrogens (tertiary/aromatic N) is 3. The van der Waals surface area contributed by atoms with E-state index in [4.69, 9.17) is 11.6 Å². The minimum absolute atomic E-state index is 0.0356. The lowest BCUT2D eigenvalue weighted by Crippen LogP contribution is -2.36. The van der Waals surface area contributed by atoms with Crippen LogP contribution >= 0.6 is 23.4 Å². The van der Waals surface area contributed by atoms with Crippen molar-refractivity contribution in [2.24, 2.45) is 4.99 Å². The highest BCUT2D eigenvalue weighted by molar-refractivity contribution is 8.14. The molecule has 3 aromatic rings. The third-order valence-electron chi connectivity index (χ3n) is 4.40. The largest absolute Gasteiger partial charge is 0.274 e. The molecule has 2 heterocycles. The van der Waals surface area contributed by atoms with Gasteiger partial charge in [-0.2, -0.15) is 5.10 Å². The summed E-state index contributed by atoms with van der Waals surface area (Å²) in [6, 6.07) is 14.4. The van der Waals surface area contributed by atoms with Crippen LogP contribution in [0.4, 0.5) is 5.69 Å². The average Bonchev–Trinajstić information content (AvgIpc) is 3.12. The molecular formula is C20H17ClN4O2S. The summed E-state index contributed by atoms with van der Waals surface area (Å²) in [6.45, 7) is 2.02. The second-order valence-corrected chi connectivity index (χ2v) is 7.92. The first kappa shape index (κ1) is 18.7. The van der Waals surface area contributed by atoms with Gasteiger partial charge in [0.25, 0.3) is 5.56 Å². The standard InChI is InChI=1S/C20H17ClN4O2S/c1-12-11-28-20(22-12)25(14-8-6-13(21)7-9-14)18(26)10-17-15-4-2-3-5-16(15)19(27)24-23-17/h2-9,12H,10-11H2,1H3,(H,24,27). The smallest absolute Gasteiger partial charge is 0.272 e. The number of rotatable bonds is 3. The van der Waals surface area contributed by atoms with Gasteiger partial charge in [0.2, 0.25) is 5.91 Å². The Morgan fingerprint density at radius 2 is 1.93 bits per heavy atom. The van der Waals surface area contributed by atoms with Gasteiger partial charge in [-0.3, -0.25) is 19.5 Å². The Morgan fingerprint density at radius 3 is 2.61 bits per heavy atom. The van der Waals surface area contributed by atoms with Crippen molar-refractivity contribution in [1.29, 1.82) is 0 Å². The SMILES string of the molecule is CC1CSC(N(C(=O)Cc2n[nH]c(=O)c3ccccc23)c2ccc(Cl)cc2)=N1. The van der Waals surface area contributed by atoms with Crippen molar-refractivity contribution in [3.05, 3.63) is 69.6 Å². The number of carbonyl (C=O) groups excluding carboxylic acids is 1. The number of halogens is 1. The fourth-order valence-corrected chi connectivity index (χ4v) is 4.24. The minimum Gasteiger partial charge on any atom is -0.274 e. The first-order chi connectivity index (χ1) is 13.5. The van der Waals surface area contributed by atoms with Crippen molar-refractivity contribution >= 4 is 50.9 Å². The number of hydrogen-bond donors (Lipinski definition) is 1. The normalized spacial score (nSPS) is 16.2. The van der Waals surface area contributed by atoms with Crippen molar-refractivity contribution in [2.75, 3.05) is 10.7 Å². The summed E-state index contributed by atoms with van der Waals surface area (Å²) in [4.78, 5) is 31.5. The van der Waals surface area contributed by atoms with Crippen molar-refractivity contribution in [3.8, 4) is 0 Å². The van der Waals surface area contributed by atoms with E-state index >= 15 is 0 Å². The average molecular weight is 413 g/mol. The molecule has 28 heavy (non-hydrogen) atoms. The Balaban J connectivity index is 1.72. The fourth-order valence-electron chi connectivity index (χ4n) is 3.06. The number of aromatic nitrogens is 2. The van der Waals surface area contributed by atoms with E-state index in [2.05, 4.69) is 15.2 Å². The van der Waals surface area contributed by atoms with Crippen LogP contribution < -0.4 is 10.5 Å². The highest BCUT2D eigenvalue weighted by Gasteiger charge is 2.27. The number of amidine groups is 1. The molecule has 6 nitrogen and oxygen atoms in total. The summed E-state index contributed by atoms with van der Waals surface area (Å²) in [6.07, 6.45) is 0.0356. The predicted molar refractivity (Wildman–Crippen MR) is 114 cm³/mol. The molecule has 0 saturated heterocycles. The van der Waals surface area contributed by atoms with E-state index in [1.54, 1.807) is 59.1 Å². The summed E-state index contributed by atoms with van der Waals surface area (Å²) in [5.41, 5.74) is 0.949. The quantitative estimate of drug-likeness (QED) is 0.712. The van der Waals surface area contributed by atoms with Gasteiger partial charge in [-0.05, 0) is 37.3 Å². The molecule has 8 heteroatoms. The maximum absolute atomic E-state index is 13.3. The number of fused-ring (bicyclic) bond motifs is 1. The zero-order valence-electron chi connectivity index (χ0n) is 15.1. The highest BCUT2D eigenvalue weighted by atomic mass is 35.5. The van der Waals surface area contributed by atoms with Crippen molar-refractivity contribution in [3.63, 3.8) is 0 Å². The van der Waals surface area contributed by atoms with Crippen LogP contribution in [-0.4, -0.2) is 33.1 Å². The molecule has 0 bridgehead atoms. The lowest BCUT2D eigenvalue weighted by Gasteiger charge is -2.22. The molecule has 2 aromatic carbocycles. The van der Waals surface area contributed by atoms with Crippen molar-refractivity contribution in [1.82, 2.24) is 10.2 Å². The fraction of sp³-hybridized carbons (Fsp3) is 0.200. The van der Waals surface area contributed by atoms with Gasteiger partial charge in [0.05, 0.1) is 29.2 Å². The molecule has 0 saturated carbocycles. The lowest BCUT2D eigenvalue weighted by molar-refractivity contribution is -0.117.